The number of nitrogens with one attached hydrogen (secondary N) is 1. The normalized spacial score (nSPS) is 10.9. The zero-order valence-corrected chi connectivity index (χ0v) is 11.6. The minimum atomic E-state index is -0.930. The highest BCUT2D eigenvalue weighted by Gasteiger charge is 2.22. The van der Waals surface area contributed by atoms with Gasteiger partial charge in [0.15, 0.2) is 0 Å². The van der Waals surface area contributed by atoms with Crippen LogP contribution in [0, 0.1) is 0 Å². The van der Waals surface area contributed by atoms with Crippen LogP contribution in [-0.4, -0.2) is 34.7 Å². The predicted octanol–water partition coefficient (Wildman–Crippen LogP) is 2.16. The molecule has 19 heavy (non-hydrogen) atoms. The average molecular weight is 262 g/mol. The minimum absolute atomic E-state index is 0.203. The van der Waals surface area contributed by atoms with Crippen molar-refractivity contribution in [1.82, 2.24) is 10.2 Å². The van der Waals surface area contributed by atoms with Gasteiger partial charge in [-0.15, -0.1) is 6.58 Å². The summed E-state index contributed by atoms with van der Waals surface area (Å²) in [4.78, 5) is 13.6. The summed E-state index contributed by atoms with van der Waals surface area (Å²) in [5.74, 6) is 0. The van der Waals surface area contributed by atoms with Gasteiger partial charge in [0, 0.05) is 13.1 Å². The first-order valence-corrected chi connectivity index (χ1v) is 6.32. The van der Waals surface area contributed by atoms with Crippen LogP contribution in [-0.2, 0) is 6.54 Å². The van der Waals surface area contributed by atoms with Crippen LogP contribution in [0.1, 0.15) is 19.4 Å². The molecule has 1 aromatic rings. The van der Waals surface area contributed by atoms with Crippen molar-refractivity contribution in [1.29, 1.82) is 0 Å². The molecule has 0 heterocycles. The molecule has 0 fully saturated rings. The van der Waals surface area contributed by atoms with Crippen LogP contribution in [0.15, 0.2) is 43.0 Å². The van der Waals surface area contributed by atoms with Gasteiger partial charge in [0.25, 0.3) is 0 Å². The van der Waals surface area contributed by atoms with Gasteiger partial charge in [-0.3, -0.25) is 0 Å². The van der Waals surface area contributed by atoms with Crippen molar-refractivity contribution in [2.45, 2.75) is 26.0 Å². The number of benzene rings is 1. The molecule has 1 aromatic carbocycles. The molecule has 0 spiro atoms. The van der Waals surface area contributed by atoms with Gasteiger partial charge in [0.1, 0.15) is 0 Å². The van der Waals surface area contributed by atoms with Gasteiger partial charge in [-0.2, -0.15) is 0 Å². The largest absolute Gasteiger partial charge is 0.389 e. The fourth-order valence-corrected chi connectivity index (χ4v) is 1.74. The maximum absolute atomic E-state index is 12.0. The van der Waals surface area contributed by atoms with Crippen LogP contribution < -0.4 is 5.32 Å². The van der Waals surface area contributed by atoms with E-state index in [2.05, 4.69) is 11.9 Å². The molecule has 4 heteroatoms. The van der Waals surface area contributed by atoms with E-state index in [0.717, 1.165) is 5.56 Å². The lowest BCUT2D eigenvalue weighted by molar-refractivity contribution is 0.0448. The zero-order chi connectivity index (χ0) is 14.3. The predicted molar refractivity (Wildman–Crippen MR) is 76.7 cm³/mol. The van der Waals surface area contributed by atoms with Crippen molar-refractivity contribution >= 4 is 6.03 Å². The number of carbonyl (C=O) groups is 1. The van der Waals surface area contributed by atoms with Crippen LogP contribution in [0.4, 0.5) is 4.79 Å². The first-order valence-electron chi connectivity index (χ1n) is 6.32. The van der Waals surface area contributed by atoms with Gasteiger partial charge in [-0.25, -0.2) is 4.79 Å². The summed E-state index contributed by atoms with van der Waals surface area (Å²) < 4.78 is 0. The SMILES string of the molecule is C=CCNC(=O)N(Cc1ccccc1)CC(C)(C)O. The fraction of sp³-hybridized carbons (Fsp3) is 0.400. The molecule has 0 aromatic heterocycles. The molecule has 0 aliphatic carbocycles. The molecular weight excluding hydrogens is 240 g/mol. The van der Waals surface area contributed by atoms with Gasteiger partial charge < -0.3 is 15.3 Å². The van der Waals surface area contributed by atoms with Crippen molar-refractivity contribution < 1.29 is 9.90 Å². The van der Waals surface area contributed by atoms with E-state index in [-0.39, 0.29) is 12.6 Å². The molecule has 0 aliphatic rings. The number of rotatable bonds is 6. The van der Waals surface area contributed by atoms with Crippen molar-refractivity contribution in [2.24, 2.45) is 0 Å². The second-order valence-electron chi connectivity index (χ2n) is 5.13. The monoisotopic (exact) mass is 262 g/mol. The molecule has 0 saturated heterocycles. The van der Waals surface area contributed by atoms with E-state index in [1.807, 2.05) is 30.3 Å². The van der Waals surface area contributed by atoms with Gasteiger partial charge in [0.2, 0.25) is 0 Å². The van der Waals surface area contributed by atoms with Crippen molar-refractivity contribution in [3.63, 3.8) is 0 Å². The number of aliphatic hydroxyl groups is 1. The molecule has 0 aliphatic heterocycles. The highest BCUT2D eigenvalue weighted by Crippen LogP contribution is 2.10. The Kier molecular flexibility index (Phi) is 5.57. The molecule has 0 bridgehead atoms. The van der Waals surface area contributed by atoms with E-state index in [1.54, 1.807) is 24.8 Å². The highest BCUT2D eigenvalue weighted by atomic mass is 16.3. The molecule has 2 N–H and O–H groups in total. The Hall–Kier alpha value is -1.81. The lowest BCUT2D eigenvalue weighted by Gasteiger charge is -2.29. The number of carbonyl (C=O) groups excluding carboxylic acids is 1. The van der Waals surface area contributed by atoms with Gasteiger partial charge in [0.05, 0.1) is 12.1 Å². The first-order chi connectivity index (χ1) is 8.92. The summed E-state index contributed by atoms with van der Waals surface area (Å²) in [5.41, 5.74) is 0.0980. The van der Waals surface area contributed by atoms with E-state index in [9.17, 15) is 9.90 Å². The van der Waals surface area contributed by atoms with Crippen LogP contribution in [0.2, 0.25) is 0 Å². The van der Waals surface area contributed by atoms with E-state index < -0.39 is 5.60 Å². The van der Waals surface area contributed by atoms with Crippen LogP contribution >= 0.6 is 0 Å². The molecule has 0 saturated carbocycles. The highest BCUT2D eigenvalue weighted by molar-refractivity contribution is 5.74. The Morgan fingerprint density at radius 3 is 2.58 bits per heavy atom. The standard InChI is InChI=1S/C15H22N2O2/c1-4-10-16-14(18)17(12-15(2,3)19)11-13-8-6-5-7-9-13/h4-9,19H,1,10-12H2,2-3H3,(H,16,18). The third-order valence-corrected chi connectivity index (χ3v) is 2.48. The fourth-order valence-electron chi connectivity index (χ4n) is 1.74. The lowest BCUT2D eigenvalue weighted by atomic mass is 10.1. The topological polar surface area (TPSA) is 52.6 Å². The molecule has 0 atom stereocenters. The Balaban J connectivity index is 2.74. The Morgan fingerprint density at radius 1 is 1.42 bits per heavy atom. The Labute approximate surface area is 114 Å². The smallest absolute Gasteiger partial charge is 0.318 e. The Morgan fingerprint density at radius 2 is 2.05 bits per heavy atom. The number of urea groups is 1. The van der Waals surface area contributed by atoms with E-state index in [4.69, 9.17) is 0 Å². The van der Waals surface area contributed by atoms with Crippen LogP contribution in [0.3, 0.4) is 0 Å². The van der Waals surface area contributed by atoms with Gasteiger partial charge in [-0.05, 0) is 19.4 Å². The maximum atomic E-state index is 12.0. The lowest BCUT2D eigenvalue weighted by Crippen LogP contribution is -2.46. The molecule has 4 nitrogen and oxygen atoms in total. The number of amides is 2. The van der Waals surface area contributed by atoms with E-state index >= 15 is 0 Å². The Bertz CT molecular complexity index is 410. The minimum Gasteiger partial charge on any atom is -0.389 e. The third kappa shape index (κ3) is 6.06. The third-order valence-electron chi connectivity index (χ3n) is 2.48. The zero-order valence-electron chi connectivity index (χ0n) is 11.6. The van der Waals surface area contributed by atoms with E-state index in [1.165, 1.54) is 0 Å². The summed E-state index contributed by atoms with van der Waals surface area (Å²) in [5, 5.41) is 12.6. The number of hydrogen-bond donors (Lipinski definition) is 2. The molecule has 0 unspecified atom stereocenters. The summed E-state index contributed by atoms with van der Waals surface area (Å²) in [6, 6.07) is 9.50. The average Bonchev–Trinajstić information content (AvgIpc) is 2.35. The maximum Gasteiger partial charge on any atom is 0.318 e. The van der Waals surface area contributed by atoms with Crippen LogP contribution in [0.25, 0.3) is 0 Å². The molecule has 2 amide bonds. The first kappa shape index (κ1) is 15.2. The number of nitrogens with zero attached hydrogens (tertiary/aromatic N) is 1. The van der Waals surface area contributed by atoms with E-state index in [0.29, 0.717) is 13.1 Å². The molecule has 104 valence electrons. The second-order valence-corrected chi connectivity index (χ2v) is 5.13. The quantitative estimate of drug-likeness (QED) is 0.772. The number of hydrogen-bond acceptors (Lipinski definition) is 2. The summed E-state index contributed by atoms with van der Waals surface area (Å²) >= 11 is 0. The molecule has 0 radical (unpaired) electrons. The molecular formula is C15H22N2O2. The van der Waals surface area contributed by atoms with Crippen molar-refractivity contribution in [3.8, 4) is 0 Å². The van der Waals surface area contributed by atoms with Crippen molar-refractivity contribution in [2.75, 3.05) is 13.1 Å². The van der Waals surface area contributed by atoms with Crippen molar-refractivity contribution in [3.05, 3.63) is 48.6 Å². The van der Waals surface area contributed by atoms with Gasteiger partial charge >= 0.3 is 6.03 Å². The van der Waals surface area contributed by atoms with Crippen LogP contribution in [0.5, 0.6) is 0 Å². The summed E-state index contributed by atoms with van der Waals surface area (Å²) in [6.45, 7) is 8.09. The second kappa shape index (κ2) is 6.95. The summed E-state index contributed by atoms with van der Waals surface area (Å²) in [6.07, 6.45) is 1.63. The summed E-state index contributed by atoms with van der Waals surface area (Å²) in [7, 11) is 0. The molecule has 1 rings (SSSR count). The van der Waals surface area contributed by atoms with Gasteiger partial charge in [-0.1, -0.05) is 36.4 Å².